The monoisotopic (exact) mass is 464 g/mol. The van der Waals surface area contributed by atoms with Crippen LogP contribution in [-0.2, 0) is 14.1 Å². The predicted octanol–water partition coefficient (Wildman–Crippen LogP) is 3.95. The van der Waals surface area contributed by atoms with Crippen molar-refractivity contribution in [1.82, 2.24) is 4.90 Å². The van der Waals surface area contributed by atoms with Crippen LogP contribution in [0.1, 0.15) is 78.0 Å². The van der Waals surface area contributed by atoms with Crippen molar-refractivity contribution in [3.63, 3.8) is 0 Å². The molecule has 3 rings (SSSR count). The first-order valence-corrected chi connectivity index (χ1v) is 12.0. The van der Waals surface area contributed by atoms with Crippen LogP contribution in [0.25, 0.3) is 0 Å². The maximum absolute atomic E-state index is 12.8. The van der Waals surface area contributed by atoms with E-state index in [1.54, 1.807) is 32.0 Å². The first-order chi connectivity index (χ1) is 14.7. The third kappa shape index (κ3) is 5.41. The lowest BCUT2D eigenvalue weighted by Crippen LogP contribution is -2.57. The van der Waals surface area contributed by atoms with E-state index in [1.807, 2.05) is 32.6 Å². The summed E-state index contributed by atoms with van der Waals surface area (Å²) in [6.45, 7) is 11.9. The minimum atomic E-state index is -2.51. The molecule has 1 saturated heterocycles. The molecule has 0 spiro atoms. The summed E-state index contributed by atoms with van der Waals surface area (Å²) in [4.78, 5) is 33.3. The molecule has 2 unspecified atom stereocenters. The molecule has 1 aromatic carbocycles. The van der Waals surface area contributed by atoms with E-state index in [1.165, 1.54) is 0 Å². The molecule has 0 bridgehead atoms. The van der Waals surface area contributed by atoms with Gasteiger partial charge in [0.1, 0.15) is 17.5 Å². The standard InChI is InChI=1S/C23H33N2O6P/c1-21(2,14-22(3,4)31-32(27)28)30-20-19(25-11-7-8-18(25)26)16-12-15(13-24)9-10-17(16)29-23(20,5)6/h9-10,12,19-20,27-28H,7-8,11,14H2,1-6H3. The number of nitrogens with zero attached hydrogens (tertiary/aromatic N) is 2. The Morgan fingerprint density at radius 1 is 1.28 bits per heavy atom. The Labute approximate surface area is 191 Å². The van der Waals surface area contributed by atoms with Crippen molar-refractivity contribution in [3.05, 3.63) is 29.3 Å². The van der Waals surface area contributed by atoms with Crippen LogP contribution in [0.15, 0.2) is 18.2 Å². The molecule has 0 radical (unpaired) electrons. The summed E-state index contributed by atoms with van der Waals surface area (Å²) in [5, 5.41) is 9.44. The number of nitriles is 1. The summed E-state index contributed by atoms with van der Waals surface area (Å²) in [6.07, 6.45) is 1.11. The molecular weight excluding hydrogens is 431 g/mol. The van der Waals surface area contributed by atoms with E-state index >= 15 is 0 Å². The molecule has 2 aliphatic heterocycles. The zero-order chi connectivity index (χ0) is 23.9. The molecule has 1 fully saturated rings. The Morgan fingerprint density at radius 2 is 1.97 bits per heavy atom. The first-order valence-electron chi connectivity index (χ1n) is 10.8. The van der Waals surface area contributed by atoms with Gasteiger partial charge in [0.15, 0.2) is 0 Å². The summed E-state index contributed by atoms with van der Waals surface area (Å²) >= 11 is 0. The Bertz CT molecular complexity index is 908. The van der Waals surface area contributed by atoms with E-state index in [9.17, 15) is 19.8 Å². The Balaban J connectivity index is 2.01. The van der Waals surface area contributed by atoms with Gasteiger partial charge in [0.25, 0.3) is 0 Å². The van der Waals surface area contributed by atoms with Crippen LogP contribution < -0.4 is 4.74 Å². The first kappa shape index (κ1) is 24.9. The second-order valence-electron chi connectivity index (χ2n) is 10.3. The summed E-state index contributed by atoms with van der Waals surface area (Å²) in [5.41, 5.74) is -1.09. The summed E-state index contributed by atoms with van der Waals surface area (Å²) in [7, 11) is -2.51. The van der Waals surface area contributed by atoms with E-state index in [2.05, 4.69) is 6.07 Å². The van der Waals surface area contributed by atoms with Crippen molar-refractivity contribution in [3.8, 4) is 11.8 Å². The number of carbonyl (C=O) groups excluding carboxylic acids is 1. The fraction of sp³-hybridized carbons (Fsp3) is 0.652. The topological polar surface area (TPSA) is 112 Å². The second kappa shape index (κ2) is 8.89. The molecule has 1 aromatic rings. The molecule has 2 N–H and O–H groups in total. The number of rotatable bonds is 7. The predicted molar refractivity (Wildman–Crippen MR) is 120 cm³/mol. The van der Waals surface area contributed by atoms with Crippen molar-refractivity contribution >= 4 is 14.5 Å². The molecule has 9 heteroatoms. The molecule has 0 aliphatic carbocycles. The van der Waals surface area contributed by atoms with Crippen LogP contribution in [0, 0.1) is 11.3 Å². The summed E-state index contributed by atoms with van der Waals surface area (Å²) in [5.74, 6) is 0.702. The van der Waals surface area contributed by atoms with Crippen LogP contribution in [0.4, 0.5) is 0 Å². The van der Waals surface area contributed by atoms with E-state index in [0.29, 0.717) is 30.7 Å². The molecule has 2 heterocycles. The highest BCUT2D eigenvalue weighted by atomic mass is 31.2. The lowest BCUT2D eigenvalue weighted by molar-refractivity contribution is -0.192. The molecule has 0 aromatic heterocycles. The zero-order valence-corrected chi connectivity index (χ0v) is 20.5. The molecular formula is C23H33N2O6P. The summed E-state index contributed by atoms with van der Waals surface area (Å²) in [6, 6.07) is 7.04. The van der Waals surface area contributed by atoms with Gasteiger partial charge in [0.05, 0.1) is 28.9 Å². The maximum atomic E-state index is 12.8. The highest BCUT2D eigenvalue weighted by molar-refractivity contribution is 7.39. The van der Waals surface area contributed by atoms with Crippen LogP contribution in [-0.4, -0.2) is 50.0 Å². The Kier molecular flexibility index (Phi) is 6.91. The molecule has 176 valence electrons. The molecule has 32 heavy (non-hydrogen) atoms. The van der Waals surface area contributed by atoms with Gasteiger partial charge in [-0.2, -0.15) is 5.26 Å². The minimum absolute atomic E-state index is 0.0577. The molecule has 1 amide bonds. The SMILES string of the molecule is CC(C)(CC(C)(C)OP(O)O)OC1C(N2CCCC2=O)c2cc(C#N)ccc2OC1(C)C. The molecule has 8 nitrogen and oxygen atoms in total. The fourth-order valence-electron chi connectivity index (χ4n) is 4.99. The van der Waals surface area contributed by atoms with Gasteiger partial charge in [-0.3, -0.25) is 4.79 Å². The smallest absolute Gasteiger partial charge is 0.327 e. The van der Waals surface area contributed by atoms with E-state index in [0.717, 1.165) is 12.0 Å². The van der Waals surface area contributed by atoms with Gasteiger partial charge in [-0.1, -0.05) is 0 Å². The van der Waals surface area contributed by atoms with Gasteiger partial charge in [-0.15, -0.1) is 0 Å². The Morgan fingerprint density at radius 3 is 2.53 bits per heavy atom. The lowest BCUT2D eigenvalue weighted by atomic mass is 9.83. The van der Waals surface area contributed by atoms with Gasteiger partial charge in [-0.25, -0.2) is 0 Å². The zero-order valence-electron chi connectivity index (χ0n) is 19.6. The normalized spacial score (nSPS) is 23.1. The van der Waals surface area contributed by atoms with Crippen molar-refractivity contribution in [2.45, 2.75) is 89.8 Å². The van der Waals surface area contributed by atoms with E-state index in [-0.39, 0.29) is 5.91 Å². The average Bonchev–Trinajstić information content (AvgIpc) is 3.05. The number of amides is 1. The highest BCUT2D eigenvalue weighted by Crippen LogP contribution is 2.48. The number of ether oxygens (including phenoxy) is 2. The number of hydrogen-bond donors (Lipinski definition) is 2. The lowest BCUT2D eigenvalue weighted by Gasteiger charge is -2.50. The van der Waals surface area contributed by atoms with Gasteiger partial charge in [0.2, 0.25) is 5.91 Å². The van der Waals surface area contributed by atoms with Gasteiger partial charge in [0, 0.05) is 24.9 Å². The quantitative estimate of drug-likeness (QED) is 0.588. The van der Waals surface area contributed by atoms with Gasteiger partial charge < -0.3 is 28.7 Å². The van der Waals surface area contributed by atoms with E-state index in [4.69, 9.17) is 14.0 Å². The third-order valence-corrected chi connectivity index (χ3v) is 6.53. The summed E-state index contributed by atoms with van der Waals surface area (Å²) < 4.78 is 18.3. The van der Waals surface area contributed by atoms with Crippen molar-refractivity contribution < 1.29 is 28.6 Å². The average molecular weight is 464 g/mol. The van der Waals surface area contributed by atoms with Gasteiger partial charge in [-0.05, 0) is 66.2 Å². The number of benzene rings is 1. The minimum Gasteiger partial charge on any atom is -0.485 e. The number of carbonyl (C=O) groups is 1. The van der Waals surface area contributed by atoms with Crippen molar-refractivity contribution in [2.75, 3.05) is 6.54 Å². The Hall–Kier alpha value is -1.75. The number of likely N-dealkylation sites (tertiary alicyclic amines) is 1. The van der Waals surface area contributed by atoms with Crippen LogP contribution in [0.2, 0.25) is 0 Å². The maximum Gasteiger partial charge on any atom is 0.327 e. The van der Waals surface area contributed by atoms with Crippen LogP contribution in [0.3, 0.4) is 0 Å². The second-order valence-corrected chi connectivity index (χ2v) is 11.0. The van der Waals surface area contributed by atoms with E-state index < -0.39 is 37.6 Å². The van der Waals surface area contributed by atoms with Crippen LogP contribution >= 0.6 is 8.60 Å². The number of fused-ring (bicyclic) bond motifs is 1. The van der Waals surface area contributed by atoms with Crippen LogP contribution in [0.5, 0.6) is 5.75 Å². The van der Waals surface area contributed by atoms with Crippen molar-refractivity contribution in [2.24, 2.45) is 0 Å². The fourth-order valence-corrected chi connectivity index (χ4v) is 5.50. The highest BCUT2D eigenvalue weighted by Gasteiger charge is 2.51. The largest absolute Gasteiger partial charge is 0.485 e. The van der Waals surface area contributed by atoms with Gasteiger partial charge >= 0.3 is 8.60 Å². The molecule has 2 atom stereocenters. The third-order valence-electron chi connectivity index (χ3n) is 5.87. The van der Waals surface area contributed by atoms with Crippen molar-refractivity contribution in [1.29, 1.82) is 5.26 Å². The number of hydrogen-bond acceptors (Lipinski definition) is 7. The molecule has 2 aliphatic rings. The molecule has 0 saturated carbocycles.